The number of thioether (sulfide) groups is 1. The van der Waals surface area contributed by atoms with E-state index >= 15 is 0 Å². The van der Waals surface area contributed by atoms with Gasteiger partial charge in [0.05, 0.1) is 12.6 Å². The lowest BCUT2D eigenvalue weighted by Crippen LogP contribution is -2.23. The predicted molar refractivity (Wildman–Crippen MR) is 92.0 cm³/mol. The van der Waals surface area contributed by atoms with Crippen LogP contribution in [0.25, 0.3) is 5.65 Å². The van der Waals surface area contributed by atoms with Crippen LogP contribution in [0.4, 0.5) is 0 Å². The molecule has 1 atom stereocenters. The Labute approximate surface area is 141 Å². The normalized spacial score (nSPS) is 12.8. The number of nitrogens with zero attached hydrogens (tertiary/aromatic N) is 3. The molecule has 0 radical (unpaired) electrons. The second-order valence-corrected chi connectivity index (χ2v) is 6.67. The molecule has 0 fully saturated rings. The molecule has 0 aliphatic carbocycles. The van der Waals surface area contributed by atoms with Gasteiger partial charge in [0.2, 0.25) is 0 Å². The van der Waals surface area contributed by atoms with Crippen LogP contribution in [0.3, 0.4) is 0 Å². The number of rotatable bonds is 7. The number of halogens is 1. The molecule has 3 heterocycles. The highest BCUT2D eigenvalue weighted by molar-refractivity contribution is 9.10. The fraction of sp³-hybridized carbons (Fsp3) is 0.333. The van der Waals surface area contributed by atoms with Crippen LogP contribution < -0.4 is 5.32 Å². The number of hydrogen-bond donors (Lipinski definition) is 1. The topological polar surface area (TPSA) is 55.4 Å². The quantitative estimate of drug-likeness (QED) is 0.677. The third-order valence-electron chi connectivity index (χ3n) is 3.41. The predicted octanol–water partition coefficient (Wildman–Crippen LogP) is 3.67. The Kier molecular flexibility index (Phi) is 5.17. The monoisotopic (exact) mass is 380 g/mol. The molecule has 0 aliphatic rings. The van der Waals surface area contributed by atoms with Crippen molar-refractivity contribution in [3.63, 3.8) is 0 Å². The molecule has 0 amide bonds. The smallest absolute Gasteiger partial charge is 0.169 e. The van der Waals surface area contributed by atoms with E-state index in [1.807, 2.05) is 52.7 Å². The summed E-state index contributed by atoms with van der Waals surface area (Å²) in [7, 11) is 0. The minimum absolute atomic E-state index is 0.133. The van der Waals surface area contributed by atoms with Crippen LogP contribution in [0, 0.1) is 0 Å². The third-order valence-corrected chi connectivity index (χ3v) is 4.48. The molecule has 3 aromatic heterocycles. The Bertz CT molecular complexity index is 742. The molecule has 1 unspecified atom stereocenters. The minimum atomic E-state index is 0.133. The van der Waals surface area contributed by atoms with Crippen LogP contribution >= 0.6 is 27.7 Å². The largest absolute Gasteiger partial charge is 0.453 e. The molecule has 1 N–H and O–H groups in total. The van der Waals surface area contributed by atoms with Crippen molar-refractivity contribution < 1.29 is 4.42 Å². The molecule has 0 saturated heterocycles. The van der Waals surface area contributed by atoms with Crippen molar-refractivity contribution in [1.82, 2.24) is 19.9 Å². The number of fused-ring (bicyclic) bond motifs is 1. The van der Waals surface area contributed by atoms with Crippen LogP contribution in [0.5, 0.6) is 0 Å². The Hall–Kier alpha value is -1.31. The molecule has 0 bridgehead atoms. The van der Waals surface area contributed by atoms with Gasteiger partial charge in [-0.2, -0.15) is 11.8 Å². The van der Waals surface area contributed by atoms with E-state index in [1.165, 1.54) is 0 Å². The number of pyridine rings is 1. The second kappa shape index (κ2) is 7.30. The summed E-state index contributed by atoms with van der Waals surface area (Å²) in [6.45, 7) is 0.659. The first-order valence-electron chi connectivity index (χ1n) is 7.04. The van der Waals surface area contributed by atoms with Gasteiger partial charge in [-0.3, -0.25) is 4.40 Å². The molecule has 5 nitrogen and oxygen atoms in total. The number of nitrogens with one attached hydrogen (secondary N) is 1. The maximum absolute atomic E-state index is 5.55. The van der Waals surface area contributed by atoms with Crippen molar-refractivity contribution in [2.24, 2.45) is 0 Å². The fourth-order valence-corrected chi connectivity index (χ4v) is 3.14. The van der Waals surface area contributed by atoms with Gasteiger partial charge in [-0.15, -0.1) is 10.2 Å². The molecule has 7 heteroatoms. The molecule has 0 aromatic carbocycles. The lowest BCUT2D eigenvalue weighted by atomic mass is 10.2. The SMILES string of the molecule is CSCCC(NCc1ccc(Br)o1)c1nnc2ccccn12. The second-order valence-electron chi connectivity index (χ2n) is 4.91. The van der Waals surface area contributed by atoms with Gasteiger partial charge in [0.1, 0.15) is 5.76 Å². The van der Waals surface area contributed by atoms with E-state index in [-0.39, 0.29) is 6.04 Å². The first-order chi connectivity index (χ1) is 10.8. The van der Waals surface area contributed by atoms with Crippen LogP contribution in [0.2, 0.25) is 0 Å². The summed E-state index contributed by atoms with van der Waals surface area (Å²) >= 11 is 5.16. The van der Waals surface area contributed by atoms with Gasteiger partial charge in [-0.25, -0.2) is 0 Å². The van der Waals surface area contributed by atoms with Crippen LogP contribution in [0.15, 0.2) is 45.6 Å². The van der Waals surface area contributed by atoms with Gasteiger partial charge in [0.15, 0.2) is 16.1 Å². The molecule has 22 heavy (non-hydrogen) atoms. The van der Waals surface area contributed by atoms with Crippen LogP contribution in [0.1, 0.15) is 24.0 Å². The van der Waals surface area contributed by atoms with Gasteiger partial charge >= 0.3 is 0 Å². The van der Waals surface area contributed by atoms with E-state index < -0.39 is 0 Å². The number of furan rings is 1. The Morgan fingerprint density at radius 3 is 3.00 bits per heavy atom. The molecule has 0 aliphatic heterocycles. The molecular weight excluding hydrogens is 364 g/mol. The maximum Gasteiger partial charge on any atom is 0.169 e. The van der Waals surface area contributed by atoms with Crippen molar-refractivity contribution in [2.75, 3.05) is 12.0 Å². The Balaban J connectivity index is 1.79. The van der Waals surface area contributed by atoms with E-state index in [4.69, 9.17) is 4.42 Å². The van der Waals surface area contributed by atoms with Crippen LogP contribution in [-0.2, 0) is 6.54 Å². The summed E-state index contributed by atoms with van der Waals surface area (Å²) in [5.74, 6) is 2.89. The van der Waals surface area contributed by atoms with Gasteiger partial charge < -0.3 is 9.73 Å². The summed E-state index contributed by atoms with van der Waals surface area (Å²) in [4.78, 5) is 0. The molecule has 116 valence electrons. The maximum atomic E-state index is 5.55. The molecule has 3 rings (SSSR count). The van der Waals surface area contributed by atoms with Gasteiger partial charge in [-0.1, -0.05) is 6.07 Å². The van der Waals surface area contributed by atoms with Crippen molar-refractivity contribution in [3.8, 4) is 0 Å². The lowest BCUT2D eigenvalue weighted by molar-refractivity contribution is 0.424. The average molecular weight is 381 g/mol. The number of hydrogen-bond acceptors (Lipinski definition) is 5. The van der Waals surface area contributed by atoms with Gasteiger partial charge in [0, 0.05) is 6.20 Å². The van der Waals surface area contributed by atoms with Crippen molar-refractivity contribution in [3.05, 3.63) is 52.8 Å². The van der Waals surface area contributed by atoms with Gasteiger partial charge in [-0.05, 0) is 58.6 Å². The summed E-state index contributed by atoms with van der Waals surface area (Å²) in [5, 5.41) is 12.1. The first-order valence-corrected chi connectivity index (χ1v) is 9.23. The lowest BCUT2D eigenvalue weighted by Gasteiger charge is -2.16. The molecular formula is C15H17BrN4OS. The zero-order valence-corrected chi connectivity index (χ0v) is 14.6. The van der Waals surface area contributed by atoms with Gasteiger partial charge in [0.25, 0.3) is 0 Å². The standard InChI is InChI=1S/C15H17BrN4OS/c1-22-9-7-12(17-10-11-5-6-13(16)21-11)15-19-18-14-4-2-3-8-20(14)15/h2-6,8,12,17H,7,9-10H2,1H3. The summed E-state index contributed by atoms with van der Waals surface area (Å²) < 4.78 is 8.34. The summed E-state index contributed by atoms with van der Waals surface area (Å²) in [6, 6.07) is 9.93. The highest BCUT2D eigenvalue weighted by atomic mass is 79.9. The van der Waals surface area contributed by atoms with E-state index in [1.54, 1.807) is 0 Å². The van der Waals surface area contributed by atoms with Crippen molar-refractivity contribution in [2.45, 2.75) is 19.0 Å². The van der Waals surface area contributed by atoms with E-state index in [9.17, 15) is 0 Å². The highest BCUT2D eigenvalue weighted by Crippen LogP contribution is 2.20. The molecule has 3 aromatic rings. The first kappa shape index (κ1) is 15.6. The summed E-state index contributed by atoms with van der Waals surface area (Å²) in [5.41, 5.74) is 0.870. The highest BCUT2D eigenvalue weighted by Gasteiger charge is 2.17. The summed E-state index contributed by atoms with van der Waals surface area (Å²) in [6.07, 6.45) is 5.10. The third kappa shape index (κ3) is 3.53. The molecule has 0 spiro atoms. The number of aromatic nitrogens is 3. The average Bonchev–Trinajstić information content (AvgIpc) is 3.14. The Morgan fingerprint density at radius 1 is 1.32 bits per heavy atom. The van der Waals surface area contributed by atoms with E-state index in [2.05, 4.69) is 37.7 Å². The van der Waals surface area contributed by atoms with E-state index in [0.717, 1.165) is 34.1 Å². The van der Waals surface area contributed by atoms with Crippen LogP contribution in [-0.4, -0.2) is 26.6 Å². The fourth-order valence-electron chi connectivity index (χ4n) is 2.33. The Morgan fingerprint density at radius 2 is 2.23 bits per heavy atom. The van der Waals surface area contributed by atoms with Crippen molar-refractivity contribution >= 4 is 33.3 Å². The molecule has 0 saturated carbocycles. The van der Waals surface area contributed by atoms with E-state index in [0.29, 0.717) is 6.54 Å². The van der Waals surface area contributed by atoms with Crippen molar-refractivity contribution in [1.29, 1.82) is 0 Å². The zero-order valence-electron chi connectivity index (χ0n) is 12.2. The zero-order chi connectivity index (χ0) is 15.4. The minimum Gasteiger partial charge on any atom is -0.453 e.